The lowest BCUT2D eigenvalue weighted by Gasteiger charge is -2.24. The molecule has 1 rings (SSSR count). The van der Waals surface area contributed by atoms with Crippen molar-refractivity contribution in [1.29, 1.82) is 5.26 Å². The van der Waals surface area contributed by atoms with Gasteiger partial charge in [0.25, 0.3) is 0 Å². The zero-order valence-corrected chi connectivity index (χ0v) is 10.6. The number of nitrogens with zero attached hydrogens (tertiary/aromatic N) is 2. The molecule has 0 amide bonds. The summed E-state index contributed by atoms with van der Waals surface area (Å²) in [6.45, 7) is 4.44. The molecule has 6 heteroatoms. The van der Waals surface area contributed by atoms with Gasteiger partial charge in [0.2, 0.25) is 0 Å². The Balaban J connectivity index is 2.68. The lowest BCUT2D eigenvalue weighted by Crippen LogP contribution is -2.31. The van der Waals surface area contributed by atoms with Crippen LogP contribution < -0.4 is 0 Å². The summed E-state index contributed by atoms with van der Waals surface area (Å²) in [5.41, 5.74) is 0. The lowest BCUT2D eigenvalue weighted by atomic mass is 10.4. The van der Waals surface area contributed by atoms with Crippen LogP contribution in [-0.2, 0) is 14.6 Å². The van der Waals surface area contributed by atoms with Gasteiger partial charge in [0.05, 0.1) is 19.0 Å². The van der Waals surface area contributed by atoms with Gasteiger partial charge in [-0.15, -0.1) is 0 Å². The van der Waals surface area contributed by atoms with E-state index in [9.17, 15) is 8.42 Å². The summed E-state index contributed by atoms with van der Waals surface area (Å²) in [5.74, 6) is -0.0578. The van der Waals surface area contributed by atoms with Crippen LogP contribution in [0.3, 0.4) is 0 Å². The summed E-state index contributed by atoms with van der Waals surface area (Å²) in [6, 6.07) is 1.71. The molecule has 0 N–H and O–H groups in total. The highest BCUT2D eigenvalue weighted by Gasteiger charge is 2.13. The van der Waals surface area contributed by atoms with E-state index >= 15 is 0 Å². The van der Waals surface area contributed by atoms with Crippen LogP contribution in [0.1, 0.15) is 6.92 Å². The van der Waals surface area contributed by atoms with Crippen LogP contribution in [0.5, 0.6) is 0 Å². The fourth-order valence-electron chi connectivity index (χ4n) is 1.34. The summed E-state index contributed by atoms with van der Waals surface area (Å²) in [5, 5.41) is 8.76. The minimum Gasteiger partial charge on any atom is -0.378 e. The molecule has 0 radical (unpaired) electrons. The van der Waals surface area contributed by atoms with Crippen molar-refractivity contribution < 1.29 is 13.2 Å². The Hall–Kier alpha value is -1.32. The molecule has 17 heavy (non-hydrogen) atoms. The van der Waals surface area contributed by atoms with Crippen LogP contribution in [0.4, 0.5) is 0 Å². The number of hydrogen-bond acceptors (Lipinski definition) is 5. The third kappa shape index (κ3) is 4.21. The van der Waals surface area contributed by atoms with Gasteiger partial charge in [-0.2, -0.15) is 5.26 Å². The van der Waals surface area contributed by atoms with Crippen molar-refractivity contribution in [2.24, 2.45) is 0 Å². The first-order valence-electron chi connectivity index (χ1n) is 5.43. The second-order valence-corrected chi connectivity index (χ2v) is 5.78. The number of rotatable bonds is 4. The van der Waals surface area contributed by atoms with Crippen molar-refractivity contribution >= 4 is 9.84 Å². The zero-order chi connectivity index (χ0) is 12.7. The topological polar surface area (TPSA) is 70.4 Å². The highest BCUT2D eigenvalue weighted by Crippen LogP contribution is 2.06. The first kappa shape index (κ1) is 13.7. The second-order valence-electron chi connectivity index (χ2n) is 3.54. The van der Waals surface area contributed by atoms with Crippen LogP contribution >= 0.6 is 0 Å². The van der Waals surface area contributed by atoms with E-state index in [1.54, 1.807) is 18.3 Å². The number of sulfone groups is 1. The van der Waals surface area contributed by atoms with Gasteiger partial charge in [0.15, 0.2) is 9.84 Å². The van der Waals surface area contributed by atoms with Crippen LogP contribution in [0.25, 0.3) is 0 Å². The molecule has 1 fully saturated rings. The minimum atomic E-state index is -3.41. The summed E-state index contributed by atoms with van der Waals surface area (Å²) < 4.78 is 28.1. The van der Waals surface area contributed by atoms with Crippen LogP contribution in [0.15, 0.2) is 23.3 Å². The average molecular weight is 256 g/mol. The monoisotopic (exact) mass is 256 g/mol. The maximum atomic E-state index is 11.5. The number of ether oxygens (including phenoxy) is 1. The van der Waals surface area contributed by atoms with Crippen molar-refractivity contribution in [2.75, 3.05) is 32.1 Å². The third-order valence-electron chi connectivity index (χ3n) is 2.42. The molecule has 94 valence electrons. The van der Waals surface area contributed by atoms with Crippen molar-refractivity contribution in [3.63, 3.8) is 0 Å². The SMILES string of the molecule is CCS(=O)(=O)/C(C#N)=C\C=C/N1CCOCC1. The van der Waals surface area contributed by atoms with Gasteiger partial charge in [0, 0.05) is 13.1 Å². The average Bonchev–Trinajstić information content (AvgIpc) is 2.35. The molecular formula is C11H16N2O3S. The molecule has 0 unspecified atom stereocenters. The van der Waals surface area contributed by atoms with Crippen molar-refractivity contribution in [2.45, 2.75) is 6.92 Å². The van der Waals surface area contributed by atoms with Crippen molar-refractivity contribution in [3.8, 4) is 6.07 Å². The van der Waals surface area contributed by atoms with Gasteiger partial charge >= 0.3 is 0 Å². The van der Waals surface area contributed by atoms with Gasteiger partial charge in [0.1, 0.15) is 11.0 Å². The van der Waals surface area contributed by atoms with E-state index in [-0.39, 0.29) is 10.7 Å². The highest BCUT2D eigenvalue weighted by molar-refractivity contribution is 7.95. The molecule has 1 aliphatic rings. The lowest BCUT2D eigenvalue weighted by molar-refractivity contribution is 0.0594. The summed E-state index contributed by atoms with van der Waals surface area (Å²) >= 11 is 0. The van der Waals surface area contributed by atoms with E-state index in [0.29, 0.717) is 13.2 Å². The molecule has 0 atom stereocenters. The van der Waals surface area contributed by atoms with Gasteiger partial charge in [-0.25, -0.2) is 8.42 Å². The van der Waals surface area contributed by atoms with E-state index in [1.807, 2.05) is 4.90 Å². The molecule has 0 aromatic rings. The number of allylic oxidation sites excluding steroid dienone is 3. The maximum Gasteiger partial charge on any atom is 0.188 e. The summed E-state index contributed by atoms with van der Waals surface area (Å²) in [4.78, 5) is 1.83. The van der Waals surface area contributed by atoms with Crippen molar-refractivity contribution in [3.05, 3.63) is 23.3 Å². The van der Waals surface area contributed by atoms with E-state index in [4.69, 9.17) is 10.00 Å². The van der Waals surface area contributed by atoms with E-state index in [1.165, 1.54) is 13.0 Å². The molecule has 0 bridgehead atoms. The molecule has 0 aromatic heterocycles. The molecule has 1 aliphatic heterocycles. The van der Waals surface area contributed by atoms with E-state index < -0.39 is 9.84 Å². The first-order valence-corrected chi connectivity index (χ1v) is 7.08. The first-order chi connectivity index (χ1) is 8.10. The van der Waals surface area contributed by atoms with Gasteiger partial charge in [-0.3, -0.25) is 0 Å². The highest BCUT2D eigenvalue weighted by atomic mass is 32.2. The Morgan fingerprint density at radius 1 is 1.47 bits per heavy atom. The van der Waals surface area contributed by atoms with Gasteiger partial charge < -0.3 is 9.64 Å². The predicted octanol–water partition coefficient (Wildman–Crippen LogP) is 0.674. The predicted molar refractivity (Wildman–Crippen MR) is 64.7 cm³/mol. The molecule has 0 aliphatic carbocycles. The largest absolute Gasteiger partial charge is 0.378 e. The fraction of sp³-hybridized carbons (Fsp3) is 0.545. The van der Waals surface area contributed by atoms with Gasteiger partial charge in [-0.05, 0) is 18.4 Å². The summed E-state index contributed by atoms with van der Waals surface area (Å²) in [6.07, 6.45) is 4.72. The minimum absolute atomic E-state index is 0.0578. The van der Waals surface area contributed by atoms with E-state index in [2.05, 4.69) is 0 Å². The Kier molecular flexibility index (Phi) is 5.19. The number of morpholine rings is 1. The molecular weight excluding hydrogens is 240 g/mol. The maximum absolute atomic E-state index is 11.5. The Labute approximate surface area is 102 Å². The Morgan fingerprint density at radius 2 is 2.12 bits per heavy atom. The van der Waals surface area contributed by atoms with Crippen LogP contribution in [0, 0.1) is 11.3 Å². The van der Waals surface area contributed by atoms with Crippen molar-refractivity contribution in [1.82, 2.24) is 4.90 Å². The molecule has 5 nitrogen and oxygen atoms in total. The third-order valence-corrected chi connectivity index (χ3v) is 4.07. The molecule has 0 spiro atoms. The summed E-state index contributed by atoms with van der Waals surface area (Å²) in [7, 11) is -3.41. The zero-order valence-electron chi connectivity index (χ0n) is 9.80. The van der Waals surface area contributed by atoms with Crippen LogP contribution in [0.2, 0.25) is 0 Å². The number of nitriles is 1. The molecule has 1 heterocycles. The van der Waals surface area contributed by atoms with Crippen LogP contribution in [-0.4, -0.2) is 45.4 Å². The van der Waals surface area contributed by atoms with Gasteiger partial charge in [-0.1, -0.05) is 6.92 Å². The normalized spacial score (nSPS) is 18.4. The standard InChI is InChI=1S/C11H16N2O3S/c1-2-17(14,15)11(10-12)4-3-5-13-6-8-16-9-7-13/h3-5H,2,6-9H2,1H3/b5-3-,11-4-. The molecule has 1 saturated heterocycles. The van der Waals surface area contributed by atoms with E-state index in [0.717, 1.165) is 13.1 Å². The molecule has 0 saturated carbocycles. The Bertz CT molecular complexity index is 440. The smallest absolute Gasteiger partial charge is 0.188 e. The molecule has 0 aromatic carbocycles. The quantitative estimate of drug-likeness (QED) is 0.546. The number of hydrogen-bond donors (Lipinski definition) is 0. The second kappa shape index (κ2) is 6.42. The Morgan fingerprint density at radius 3 is 2.65 bits per heavy atom. The fourth-order valence-corrected chi connectivity index (χ4v) is 2.08.